The lowest BCUT2D eigenvalue weighted by molar-refractivity contribution is 0.0948. The molecule has 2 heterocycles. The van der Waals surface area contributed by atoms with E-state index in [1.807, 2.05) is 16.8 Å². The van der Waals surface area contributed by atoms with E-state index in [1.165, 1.54) is 20.3 Å². The summed E-state index contributed by atoms with van der Waals surface area (Å²) < 4.78 is 24.5. The van der Waals surface area contributed by atoms with Crippen molar-refractivity contribution in [2.45, 2.75) is 6.54 Å². The van der Waals surface area contributed by atoms with Crippen molar-refractivity contribution in [1.29, 1.82) is 0 Å². The van der Waals surface area contributed by atoms with Crippen LogP contribution in [0.5, 0.6) is 11.5 Å². The van der Waals surface area contributed by atoms with E-state index in [2.05, 4.69) is 15.5 Å². The van der Waals surface area contributed by atoms with Crippen molar-refractivity contribution in [3.63, 3.8) is 0 Å². The van der Waals surface area contributed by atoms with Crippen molar-refractivity contribution < 1.29 is 18.7 Å². The molecule has 4 aromatic rings. The molecule has 2 aromatic carbocycles. The second-order valence-corrected chi connectivity index (χ2v) is 7.50. The van der Waals surface area contributed by atoms with E-state index in [1.54, 1.807) is 47.8 Å². The van der Waals surface area contributed by atoms with Gasteiger partial charge in [-0.05, 0) is 58.3 Å². The highest BCUT2D eigenvalue weighted by molar-refractivity contribution is 7.07. The minimum absolute atomic E-state index is 0.183. The van der Waals surface area contributed by atoms with E-state index in [0.29, 0.717) is 34.5 Å². The second-order valence-electron chi connectivity index (χ2n) is 6.72. The lowest BCUT2D eigenvalue weighted by Gasteiger charge is -2.10. The molecule has 0 radical (unpaired) electrons. The third-order valence-corrected chi connectivity index (χ3v) is 5.53. The van der Waals surface area contributed by atoms with E-state index >= 15 is 0 Å². The molecule has 0 aliphatic heterocycles. The minimum Gasteiger partial charge on any atom is -0.495 e. The van der Waals surface area contributed by atoms with Gasteiger partial charge >= 0.3 is 0 Å². The first-order chi connectivity index (χ1) is 15.1. The molecule has 158 valence electrons. The van der Waals surface area contributed by atoms with Gasteiger partial charge in [0.1, 0.15) is 5.75 Å². The molecule has 0 atom stereocenters. The summed E-state index contributed by atoms with van der Waals surface area (Å²) in [6.45, 7) is 0.435. The predicted octanol–water partition coefficient (Wildman–Crippen LogP) is 4.88. The molecule has 0 spiro atoms. The van der Waals surface area contributed by atoms with Crippen LogP contribution in [0, 0.1) is 5.82 Å². The van der Waals surface area contributed by atoms with Gasteiger partial charge in [-0.25, -0.2) is 4.39 Å². The molecule has 0 aliphatic carbocycles. The Hall–Kier alpha value is -3.65. The molecule has 0 aliphatic rings. The zero-order valence-corrected chi connectivity index (χ0v) is 17.8. The number of aromatic nitrogens is 2. The maximum atomic E-state index is 14.0. The highest BCUT2D eigenvalue weighted by Crippen LogP contribution is 2.32. The maximum Gasteiger partial charge on any atom is 0.255 e. The van der Waals surface area contributed by atoms with Gasteiger partial charge < -0.3 is 14.8 Å². The van der Waals surface area contributed by atoms with Gasteiger partial charge in [0.2, 0.25) is 0 Å². The van der Waals surface area contributed by atoms with Crippen molar-refractivity contribution in [3.05, 3.63) is 75.4 Å². The van der Waals surface area contributed by atoms with Gasteiger partial charge in [0, 0.05) is 6.54 Å². The van der Waals surface area contributed by atoms with Crippen LogP contribution in [-0.2, 0) is 6.54 Å². The minimum atomic E-state index is -0.446. The number of ether oxygens (including phenoxy) is 2. The van der Waals surface area contributed by atoms with Gasteiger partial charge in [-0.2, -0.15) is 16.4 Å². The average Bonchev–Trinajstić information content (AvgIpc) is 3.45. The molecular weight excluding hydrogens is 417 g/mol. The largest absolute Gasteiger partial charge is 0.495 e. The number of H-pyrrole nitrogens is 1. The van der Waals surface area contributed by atoms with Gasteiger partial charge in [0.25, 0.3) is 5.91 Å². The predicted molar refractivity (Wildman–Crippen MR) is 120 cm³/mol. The Morgan fingerprint density at radius 1 is 1.19 bits per heavy atom. The molecule has 2 N–H and O–H groups in total. The van der Waals surface area contributed by atoms with Gasteiger partial charge in [-0.3, -0.25) is 9.89 Å². The fraction of sp³-hybridized carbons (Fsp3) is 0.130. The van der Waals surface area contributed by atoms with Crippen LogP contribution in [0.3, 0.4) is 0 Å². The highest BCUT2D eigenvalue weighted by atomic mass is 32.1. The summed E-state index contributed by atoms with van der Waals surface area (Å²) in [5.41, 5.74) is 3.41. The number of halogens is 1. The summed E-state index contributed by atoms with van der Waals surface area (Å²) >= 11 is 1.58. The van der Waals surface area contributed by atoms with Crippen molar-refractivity contribution in [2.75, 3.05) is 14.2 Å². The summed E-state index contributed by atoms with van der Waals surface area (Å²) in [5.74, 6) is -0.0752. The highest BCUT2D eigenvalue weighted by Gasteiger charge is 2.18. The van der Waals surface area contributed by atoms with Crippen LogP contribution < -0.4 is 14.8 Å². The number of hydrogen-bond acceptors (Lipinski definition) is 5. The standard InChI is InChI=1S/C23H20FN3O3S/c1-29-20-8-4-14(11-17(20)24)3-6-18-21-19(27-26-18)7-5-16(22(21)30-2)23(28)25-12-15-9-10-31-13-15/h3-11,13H,12H2,1-2H3,(H,25,28)(H,26,27)/b6-3+. The summed E-state index contributed by atoms with van der Waals surface area (Å²) in [6, 6.07) is 10.1. The number of thiophene rings is 1. The number of nitrogens with zero attached hydrogens (tertiary/aromatic N) is 1. The molecule has 0 fully saturated rings. The molecule has 2 aromatic heterocycles. The number of amides is 1. The van der Waals surface area contributed by atoms with Crippen molar-refractivity contribution in [3.8, 4) is 11.5 Å². The topological polar surface area (TPSA) is 76.2 Å². The number of hydrogen-bond donors (Lipinski definition) is 2. The first-order valence-corrected chi connectivity index (χ1v) is 10.4. The molecule has 8 heteroatoms. The van der Waals surface area contributed by atoms with E-state index in [4.69, 9.17) is 9.47 Å². The monoisotopic (exact) mass is 437 g/mol. The number of aromatic amines is 1. The Labute approximate surface area is 182 Å². The lowest BCUT2D eigenvalue weighted by atomic mass is 10.1. The zero-order chi connectivity index (χ0) is 21.8. The normalized spacial score (nSPS) is 11.2. The Morgan fingerprint density at radius 3 is 2.77 bits per heavy atom. The molecular formula is C23H20FN3O3S. The van der Waals surface area contributed by atoms with Crippen molar-refractivity contribution in [1.82, 2.24) is 15.5 Å². The molecule has 0 unspecified atom stereocenters. The van der Waals surface area contributed by atoms with Gasteiger partial charge in [0.05, 0.1) is 36.4 Å². The molecule has 4 rings (SSSR count). The van der Waals surface area contributed by atoms with E-state index < -0.39 is 5.82 Å². The number of carbonyl (C=O) groups is 1. The van der Waals surface area contributed by atoms with E-state index in [0.717, 1.165) is 11.1 Å². The van der Waals surface area contributed by atoms with Crippen LogP contribution in [0.4, 0.5) is 4.39 Å². The van der Waals surface area contributed by atoms with Crippen LogP contribution in [0.2, 0.25) is 0 Å². The van der Waals surface area contributed by atoms with Crippen LogP contribution in [0.25, 0.3) is 23.1 Å². The third-order valence-electron chi connectivity index (χ3n) is 4.80. The second kappa shape index (κ2) is 9.01. The van der Waals surface area contributed by atoms with Gasteiger partial charge in [-0.1, -0.05) is 12.1 Å². The number of nitrogens with one attached hydrogen (secondary N) is 2. The molecule has 1 amide bonds. The Bertz CT molecular complexity index is 1250. The van der Waals surface area contributed by atoms with Gasteiger partial charge in [-0.15, -0.1) is 0 Å². The molecule has 0 saturated heterocycles. The Balaban J connectivity index is 1.65. The first-order valence-electron chi connectivity index (χ1n) is 9.46. The summed E-state index contributed by atoms with van der Waals surface area (Å²) in [7, 11) is 2.94. The SMILES string of the molecule is COc1ccc(/C=C/c2n[nH]c3ccc(C(=O)NCc4ccsc4)c(OC)c23)cc1F. The van der Waals surface area contributed by atoms with Crippen molar-refractivity contribution >= 4 is 40.3 Å². The fourth-order valence-corrected chi connectivity index (χ4v) is 3.92. The fourth-order valence-electron chi connectivity index (χ4n) is 3.25. The summed E-state index contributed by atoms with van der Waals surface area (Å²) in [4.78, 5) is 12.8. The molecule has 0 bridgehead atoms. The maximum absolute atomic E-state index is 14.0. The number of fused-ring (bicyclic) bond motifs is 1. The quantitative estimate of drug-likeness (QED) is 0.432. The van der Waals surface area contributed by atoms with Gasteiger partial charge in [0.15, 0.2) is 11.6 Å². The van der Waals surface area contributed by atoms with E-state index in [9.17, 15) is 9.18 Å². The Morgan fingerprint density at radius 2 is 2.06 bits per heavy atom. The number of benzene rings is 2. The summed E-state index contributed by atoms with van der Waals surface area (Å²) in [6.07, 6.45) is 3.48. The summed E-state index contributed by atoms with van der Waals surface area (Å²) in [5, 5.41) is 14.8. The molecule has 0 saturated carbocycles. The van der Waals surface area contributed by atoms with Crippen LogP contribution >= 0.6 is 11.3 Å². The van der Waals surface area contributed by atoms with Crippen LogP contribution in [-0.4, -0.2) is 30.3 Å². The lowest BCUT2D eigenvalue weighted by Crippen LogP contribution is -2.23. The Kier molecular flexibility index (Phi) is 5.99. The molecule has 31 heavy (non-hydrogen) atoms. The van der Waals surface area contributed by atoms with Crippen LogP contribution in [0.1, 0.15) is 27.2 Å². The number of methoxy groups -OCH3 is 2. The third kappa shape index (κ3) is 4.29. The molecule has 6 nitrogen and oxygen atoms in total. The first kappa shape index (κ1) is 20.6. The number of carbonyl (C=O) groups excluding carboxylic acids is 1. The van der Waals surface area contributed by atoms with Crippen LogP contribution in [0.15, 0.2) is 47.2 Å². The average molecular weight is 437 g/mol. The smallest absolute Gasteiger partial charge is 0.255 e. The zero-order valence-electron chi connectivity index (χ0n) is 16.9. The number of rotatable bonds is 7. The van der Waals surface area contributed by atoms with Crippen molar-refractivity contribution in [2.24, 2.45) is 0 Å². The van der Waals surface area contributed by atoms with E-state index in [-0.39, 0.29) is 11.7 Å².